The number of hydrogen-bond acceptors (Lipinski definition) is 6. The molecule has 8 heteroatoms. The molecule has 3 aromatic rings. The molecule has 32 heavy (non-hydrogen) atoms. The van der Waals surface area contributed by atoms with Gasteiger partial charge in [-0.25, -0.2) is 0 Å². The number of hydrogen-bond donors (Lipinski definition) is 0. The van der Waals surface area contributed by atoms with E-state index < -0.39 is 0 Å². The van der Waals surface area contributed by atoms with Crippen LogP contribution in [0.25, 0.3) is 11.3 Å². The predicted molar refractivity (Wildman–Crippen MR) is 117 cm³/mol. The maximum Gasteiger partial charge on any atom is 0.289 e. The van der Waals surface area contributed by atoms with Crippen molar-refractivity contribution in [2.75, 3.05) is 32.8 Å². The molecule has 3 heterocycles. The number of furan rings is 1. The number of benzene rings is 1. The molecule has 1 aromatic carbocycles. The lowest BCUT2D eigenvalue weighted by Gasteiger charge is -2.34. The Bertz CT molecular complexity index is 1020. The lowest BCUT2D eigenvalue weighted by atomic mass is 10.1. The van der Waals surface area contributed by atoms with Gasteiger partial charge in [0.25, 0.3) is 5.91 Å². The van der Waals surface area contributed by atoms with Crippen molar-refractivity contribution >= 4 is 11.8 Å². The van der Waals surface area contributed by atoms with Crippen molar-refractivity contribution in [2.24, 2.45) is 0 Å². The van der Waals surface area contributed by atoms with Crippen LogP contribution in [0, 0.1) is 0 Å². The SMILES string of the molecule is CCOc1ccc(-c2cc(CCCC(=O)N3CCN(C(=O)c4ccco4)CC3)no2)cc1. The summed E-state index contributed by atoms with van der Waals surface area (Å²) in [6.07, 6.45) is 3.29. The molecule has 1 aliphatic heterocycles. The molecule has 0 N–H and O–H groups in total. The van der Waals surface area contributed by atoms with Gasteiger partial charge in [-0.05, 0) is 56.2 Å². The van der Waals surface area contributed by atoms with Crippen molar-refractivity contribution < 1.29 is 23.3 Å². The molecule has 2 aromatic heterocycles. The van der Waals surface area contributed by atoms with Gasteiger partial charge in [0.1, 0.15) is 5.75 Å². The highest BCUT2D eigenvalue weighted by molar-refractivity contribution is 5.91. The summed E-state index contributed by atoms with van der Waals surface area (Å²) in [7, 11) is 0. The second-order valence-electron chi connectivity index (χ2n) is 7.64. The highest BCUT2D eigenvalue weighted by atomic mass is 16.5. The average molecular weight is 437 g/mol. The van der Waals surface area contributed by atoms with Crippen LogP contribution < -0.4 is 4.74 Å². The number of aromatic nitrogens is 1. The van der Waals surface area contributed by atoms with Crippen LogP contribution >= 0.6 is 0 Å². The first-order valence-corrected chi connectivity index (χ1v) is 10.9. The van der Waals surface area contributed by atoms with Crippen molar-refractivity contribution in [1.82, 2.24) is 15.0 Å². The van der Waals surface area contributed by atoms with Crippen molar-refractivity contribution in [3.05, 3.63) is 60.2 Å². The van der Waals surface area contributed by atoms with E-state index in [0.29, 0.717) is 63.6 Å². The number of ether oxygens (including phenoxy) is 1. The summed E-state index contributed by atoms with van der Waals surface area (Å²) in [5.41, 5.74) is 1.76. The van der Waals surface area contributed by atoms with Crippen LogP contribution in [0.15, 0.2) is 57.7 Å². The minimum absolute atomic E-state index is 0.102. The van der Waals surface area contributed by atoms with Crippen LogP contribution in [0.3, 0.4) is 0 Å². The van der Waals surface area contributed by atoms with Gasteiger partial charge in [0, 0.05) is 44.2 Å². The summed E-state index contributed by atoms with van der Waals surface area (Å²) in [6.45, 7) is 4.68. The van der Waals surface area contributed by atoms with E-state index in [1.165, 1.54) is 6.26 Å². The average Bonchev–Trinajstić information content (AvgIpc) is 3.52. The molecule has 0 unspecified atom stereocenters. The van der Waals surface area contributed by atoms with Gasteiger partial charge in [-0.1, -0.05) is 5.16 Å². The first kappa shape index (κ1) is 21.7. The molecule has 2 amide bonds. The second-order valence-corrected chi connectivity index (χ2v) is 7.64. The van der Waals surface area contributed by atoms with E-state index in [2.05, 4.69) is 5.16 Å². The second kappa shape index (κ2) is 10.2. The molecule has 0 atom stereocenters. The first-order valence-electron chi connectivity index (χ1n) is 10.9. The number of amides is 2. The third-order valence-electron chi connectivity index (χ3n) is 5.48. The highest BCUT2D eigenvalue weighted by Crippen LogP contribution is 2.24. The van der Waals surface area contributed by atoms with Gasteiger partial charge in [0.2, 0.25) is 5.91 Å². The third kappa shape index (κ3) is 5.19. The van der Waals surface area contributed by atoms with E-state index in [9.17, 15) is 9.59 Å². The van der Waals surface area contributed by atoms with Gasteiger partial charge < -0.3 is 23.5 Å². The van der Waals surface area contributed by atoms with E-state index in [-0.39, 0.29) is 11.8 Å². The third-order valence-corrected chi connectivity index (χ3v) is 5.48. The lowest BCUT2D eigenvalue weighted by Crippen LogP contribution is -2.50. The fourth-order valence-corrected chi connectivity index (χ4v) is 3.74. The molecule has 4 rings (SSSR count). The zero-order chi connectivity index (χ0) is 22.3. The Balaban J connectivity index is 1.20. The first-order chi connectivity index (χ1) is 15.6. The number of aryl methyl sites for hydroxylation is 1. The van der Waals surface area contributed by atoms with Crippen molar-refractivity contribution in [3.63, 3.8) is 0 Å². The molecule has 1 aliphatic rings. The quantitative estimate of drug-likeness (QED) is 0.535. The summed E-state index contributed by atoms with van der Waals surface area (Å²) in [4.78, 5) is 28.4. The van der Waals surface area contributed by atoms with Crippen molar-refractivity contribution in [1.29, 1.82) is 0 Å². The zero-order valence-corrected chi connectivity index (χ0v) is 18.2. The normalized spacial score (nSPS) is 13.9. The lowest BCUT2D eigenvalue weighted by molar-refractivity contribution is -0.132. The van der Waals surface area contributed by atoms with Gasteiger partial charge in [-0.15, -0.1) is 0 Å². The highest BCUT2D eigenvalue weighted by Gasteiger charge is 2.25. The number of carbonyl (C=O) groups is 2. The van der Waals surface area contributed by atoms with E-state index in [0.717, 1.165) is 17.0 Å². The summed E-state index contributed by atoms with van der Waals surface area (Å²) < 4.78 is 16.1. The summed E-state index contributed by atoms with van der Waals surface area (Å²) in [5, 5.41) is 4.13. The fraction of sp³-hybridized carbons (Fsp3) is 0.375. The standard InChI is InChI=1S/C24H27N3O5/c1-2-30-20-10-8-18(9-11-20)22-17-19(25-32-22)5-3-7-23(28)26-12-14-27(15-13-26)24(29)21-6-4-16-31-21/h4,6,8-11,16-17H,2-3,5,7,12-15H2,1H3. The molecule has 0 saturated carbocycles. The Morgan fingerprint density at radius 2 is 1.81 bits per heavy atom. The Morgan fingerprint density at radius 1 is 1.06 bits per heavy atom. The maximum absolute atomic E-state index is 12.6. The Hall–Kier alpha value is -3.55. The minimum atomic E-state index is -0.128. The molecule has 168 valence electrons. The molecular weight excluding hydrogens is 410 g/mol. The van der Waals surface area contributed by atoms with Gasteiger partial charge in [-0.3, -0.25) is 9.59 Å². The number of nitrogens with zero attached hydrogens (tertiary/aromatic N) is 3. The zero-order valence-electron chi connectivity index (χ0n) is 18.2. The van der Waals surface area contributed by atoms with Crippen LogP contribution in [0.5, 0.6) is 5.75 Å². The topological polar surface area (TPSA) is 89.0 Å². The molecule has 0 aliphatic carbocycles. The van der Waals surface area contributed by atoms with E-state index in [1.807, 2.05) is 42.2 Å². The van der Waals surface area contributed by atoms with E-state index in [1.54, 1.807) is 17.0 Å². The van der Waals surface area contributed by atoms with Gasteiger partial charge in [0.05, 0.1) is 18.6 Å². The Kier molecular flexibility index (Phi) is 6.89. The van der Waals surface area contributed by atoms with Gasteiger partial charge >= 0.3 is 0 Å². The fourth-order valence-electron chi connectivity index (χ4n) is 3.74. The summed E-state index contributed by atoms with van der Waals surface area (Å²) in [6, 6.07) is 13.0. The summed E-state index contributed by atoms with van der Waals surface area (Å²) >= 11 is 0. The van der Waals surface area contributed by atoms with E-state index in [4.69, 9.17) is 13.7 Å². The van der Waals surface area contributed by atoms with Gasteiger partial charge in [0.15, 0.2) is 11.5 Å². The largest absolute Gasteiger partial charge is 0.494 e. The predicted octanol–water partition coefficient (Wildman–Crippen LogP) is 3.64. The number of piperazine rings is 1. The molecule has 8 nitrogen and oxygen atoms in total. The van der Waals surface area contributed by atoms with Crippen molar-refractivity contribution in [3.8, 4) is 17.1 Å². The van der Waals surface area contributed by atoms with Crippen LogP contribution in [-0.2, 0) is 11.2 Å². The Morgan fingerprint density at radius 3 is 2.50 bits per heavy atom. The molecule has 0 radical (unpaired) electrons. The molecule has 0 bridgehead atoms. The number of carbonyl (C=O) groups excluding carboxylic acids is 2. The molecule has 1 saturated heterocycles. The van der Waals surface area contributed by atoms with Crippen LogP contribution in [0.2, 0.25) is 0 Å². The Labute approximate surface area is 186 Å². The van der Waals surface area contributed by atoms with Crippen LogP contribution in [0.1, 0.15) is 36.0 Å². The van der Waals surface area contributed by atoms with Gasteiger partial charge in [-0.2, -0.15) is 0 Å². The molecule has 1 fully saturated rings. The summed E-state index contributed by atoms with van der Waals surface area (Å²) in [5.74, 6) is 1.83. The van der Waals surface area contributed by atoms with Crippen LogP contribution in [0.4, 0.5) is 0 Å². The maximum atomic E-state index is 12.6. The smallest absolute Gasteiger partial charge is 0.289 e. The molecule has 0 spiro atoms. The monoisotopic (exact) mass is 437 g/mol. The molecular formula is C24H27N3O5. The number of rotatable bonds is 8. The minimum Gasteiger partial charge on any atom is -0.494 e. The van der Waals surface area contributed by atoms with E-state index >= 15 is 0 Å². The van der Waals surface area contributed by atoms with Crippen molar-refractivity contribution in [2.45, 2.75) is 26.2 Å². The van der Waals surface area contributed by atoms with Crippen LogP contribution in [-0.4, -0.2) is 59.6 Å².